The highest BCUT2D eigenvalue weighted by Gasteiger charge is 2.22. The summed E-state index contributed by atoms with van der Waals surface area (Å²) in [6, 6.07) is 10.2. The molecule has 25 heavy (non-hydrogen) atoms. The quantitative estimate of drug-likeness (QED) is 0.326. The Morgan fingerprint density at radius 3 is 2.72 bits per heavy atom. The maximum Gasteiger partial charge on any atom is 0.220 e. The lowest BCUT2D eigenvalue weighted by molar-refractivity contribution is -0.121. The smallest absolute Gasteiger partial charge is 0.220 e. The molecule has 2 rings (SSSR count). The number of rotatable bonds is 11. The number of para-hydroxylation sites is 1. The number of aliphatic imine (C=N–C) groups is 1. The van der Waals surface area contributed by atoms with Crippen LogP contribution in [0.2, 0.25) is 0 Å². The van der Waals surface area contributed by atoms with E-state index in [9.17, 15) is 4.79 Å². The standard InChI is InChI=1S/C19H30N4O2/c1-2-20-19(21-13-6-10-18(24)23-16-11-12-16)22-14-7-15-25-17-8-4-3-5-9-17/h3-5,8-9,16H,2,6-7,10-15H2,1H3,(H,23,24)(H2,20,21,22). The Kier molecular flexibility index (Phi) is 8.66. The van der Waals surface area contributed by atoms with Crippen molar-refractivity contribution in [3.63, 3.8) is 0 Å². The molecule has 0 aliphatic heterocycles. The Bertz CT molecular complexity index is 529. The summed E-state index contributed by atoms with van der Waals surface area (Å²) in [5.74, 6) is 1.84. The summed E-state index contributed by atoms with van der Waals surface area (Å²) < 4.78 is 5.65. The molecule has 1 aliphatic carbocycles. The lowest BCUT2D eigenvalue weighted by Crippen LogP contribution is -2.38. The first-order valence-electron chi connectivity index (χ1n) is 9.27. The predicted octanol–water partition coefficient (Wildman–Crippen LogP) is 2.07. The molecule has 0 saturated heterocycles. The van der Waals surface area contributed by atoms with Gasteiger partial charge in [0.25, 0.3) is 0 Å². The molecule has 1 fully saturated rings. The van der Waals surface area contributed by atoms with Gasteiger partial charge in [0.2, 0.25) is 5.91 Å². The second-order valence-corrected chi connectivity index (χ2v) is 6.15. The van der Waals surface area contributed by atoms with Crippen molar-refractivity contribution in [3.8, 4) is 5.75 Å². The van der Waals surface area contributed by atoms with Crippen LogP contribution >= 0.6 is 0 Å². The summed E-state index contributed by atoms with van der Waals surface area (Å²) >= 11 is 0. The van der Waals surface area contributed by atoms with E-state index in [0.29, 0.717) is 25.6 Å². The molecule has 0 heterocycles. The van der Waals surface area contributed by atoms with E-state index in [2.05, 4.69) is 20.9 Å². The van der Waals surface area contributed by atoms with Gasteiger partial charge in [-0.2, -0.15) is 0 Å². The highest BCUT2D eigenvalue weighted by atomic mass is 16.5. The highest BCUT2D eigenvalue weighted by molar-refractivity contribution is 5.80. The van der Waals surface area contributed by atoms with E-state index < -0.39 is 0 Å². The van der Waals surface area contributed by atoms with Crippen molar-refractivity contribution in [2.75, 3.05) is 26.2 Å². The second kappa shape index (κ2) is 11.3. The molecule has 6 heteroatoms. The number of guanidine groups is 1. The van der Waals surface area contributed by atoms with Crippen molar-refractivity contribution in [1.29, 1.82) is 0 Å². The van der Waals surface area contributed by atoms with Gasteiger partial charge < -0.3 is 20.7 Å². The van der Waals surface area contributed by atoms with Crippen molar-refractivity contribution in [2.45, 2.75) is 45.1 Å². The fourth-order valence-corrected chi connectivity index (χ4v) is 2.29. The average Bonchev–Trinajstić information content (AvgIpc) is 3.43. The number of hydrogen-bond donors (Lipinski definition) is 3. The minimum absolute atomic E-state index is 0.157. The van der Waals surface area contributed by atoms with E-state index in [1.165, 1.54) is 0 Å². The Morgan fingerprint density at radius 1 is 1.20 bits per heavy atom. The largest absolute Gasteiger partial charge is 0.494 e. The van der Waals surface area contributed by atoms with Crippen LogP contribution in [0.5, 0.6) is 5.75 Å². The van der Waals surface area contributed by atoms with Gasteiger partial charge in [-0.3, -0.25) is 9.79 Å². The van der Waals surface area contributed by atoms with Gasteiger partial charge in [0.05, 0.1) is 6.61 Å². The van der Waals surface area contributed by atoms with Crippen molar-refractivity contribution >= 4 is 11.9 Å². The average molecular weight is 346 g/mol. The van der Waals surface area contributed by atoms with Crippen LogP contribution in [0.1, 0.15) is 39.0 Å². The highest BCUT2D eigenvalue weighted by Crippen LogP contribution is 2.18. The third kappa shape index (κ3) is 8.98. The monoisotopic (exact) mass is 346 g/mol. The molecular weight excluding hydrogens is 316 g/mol. The molecule has 0 atom stereocenters. The summed E-state index contributed by atoms with van der Waals surface area (Å²) in [5, 5.41) is 9.49. The predicted molar refractivity (Wildman–Crippen MR) is 101 cm³/mol. The fraction of sp³-hybridized carbons (Fsp3) is 0.579. The van der Waals surface area contributed by atoms with Gasteiger partial charge >= 0.3 is 0 Å². The Hall–Kier alpha value is -2.24. The van der Waals surface area contributed by atoms with E-state index >= 15 is 0 Å². The van der Waals surface area contributed by atoms with Gasteiger partial charge in [-0.15, -0.1) is 0 Å². The molecule has 6 nitrogen and oxygen atoms in total. The van der Waals surface area contributed by atoms with Crippen molar-refractivity contribution in [3.05, 3.63) is 30.3 Å². The number of benzene rings is 1. The summed E-state index contributed by atoms with van der Waals surface area (Å²) in [6.45, 7) is 4.94. The minimum Gasteiger partial charge on any atom is -0.494 e. The van der Waals surface area contributed by atoms with Crippen molar-refractivity contribution in [1.82, 2.24) is 16.0 Å². The summed E-state index contributed by atoms with van der Waals surface area (Å²) in [6.07, 6.45) is 4.49. The van der Waals surface area contributed by atoms with Crippen LogP contribution in [0.4, 0.5) is 0 Å². The van der Waals surface area contributed by atoms with Crippen LogP contribution in [0.15, 0.2) is 35.3 Å². The first-order valence-corrected chi connectivity index (χ1v) is 9.27. The number of nitrogens with one attached hydrogen (secondary N) is 3. The van der Waals surface area contributed by atoms with Crippen LogP contribution in [0.3, 0.4) is 0 Å². The number of amides is 1. The van der Waals surface area contributed by atoms with Gasteiger partial charge in [-0.05, 0) is 38.3 Å². The SMILES string of the molecule is CCNC(=NCCCOc1ccccc1)NCCCC(=O)NC1CC1. The van der Waals surface area contributed by atoms with E-state index in [0.717, 1.165) is 50.5 Å². The Labute approximate surface area is 150 Å². The van der Waals surface area contributed by atoms with Crippen LogP contribution in [-0.4, -0.2) is 44.1 Å². The normalized spacial score (nSPS) is 14.0. The van der Waals surface area contributed by atoms with E-state index in [1.54, 1.807) is 0 Å². The topological polar surface area (TPSA) is 74.8 Å². The molecule has 0 spiro atoms. The zero-order chi connectivity index (χ0) is 17.7. The molecule has 1 amide bonds. The molecule has 1 saturated carbocycles. The molecule has 3 N–H and O–H groups in total. The first kappa shape index (κ1) is 19.1. The Morgan fingerprint density at radius 2 is 2.00 bits per heavy atom. The van der Waals surface area contributed by atoms with Gasteiger partial charge in [0.15, 0.2) is 5.96 Å². The number of nitrogens with zero attached hydrogens (tertiary/aromatic N) is 1. The van der Waals surface area contributed by atoms with Crippen LogP contribution < -0.4 is 20.7 Å². The van der Waals surface area contributed by atoms with Gasteiger partial charge in [-0.25, -0.2) is 0 Å². The Balaban J connectivity index is 1.56. The molecular formula is C19H30N4O2. The fourth-order valence-electron chi connectivity index (χ4n) is 2.29. The van der Waals surface area contributed by atoms with E-state index in [4.69, 9.17) is 4.74 Å². The molecule has 0 aromatic heterocycles. The molecule has 1 aromatic rings. The lowest BCUT2D eigenvalue weighted by atomic mass is 10.3. The molecule has 0 bridgehead atoms. The minimum atomic E-state index is 0.157. The zero-order valence-corrected chi connectivity index (χ0v) is 15.1. The van der Waals surface area contributed by atoms with Crippen LogP contribution in [-0.2, 0) is 4.79 Å². The van der Waals surface area contributed by atoms with Gasteiger partial charge in [0.1, 0.15) is 5.75 Å². The number of hydrogen-bond acceptors (Lipinski definition) is 3. The van der Waals surface area contributed by atoms with Crippen molar-refractivity contribution in [2.24, 2.45) is 4.99 Å². The molecule has 0 unspecified atom stereocenters. The summed E-state index contributed by atoms with van der Waals surface area (Å²) in [4.78, 5) is 16.2. The second-order valence-electron chi connectivity index (χ2n) is 6.15. The third-order valence-corrected chi connectivity index (χ3v) is 3.74. The first-order chi connectivity index (χ1) is 12.3. The van der Waals surface area contributed by atoms with E-state index in [1.807, 2.05) is 37.3 Å². The molecule has 138 valence electrons. The van der Waals surface area contributed by atoms with Gasteiger partial charge in [-0.1, -0.05) is 18.2 Å². The number of carbonyl (C=O) groups is 1. The van der Waals surface area contributed by atoms with E-state index in [-0.39, 0.29) is 5.91 Å². The third-order valence-electron chi connectivity index (χ3n) is 3.74. The lowest BCUT2D eigenvalue weighted by Gasteiger charge is -2.11. The van der Waals surface area contributed by atoms with Crippen LogP contribution in [0, 0.1) is 0 Å². The maximum absolute atomic E-state index is 11.6. The van der Waals surface area contributed by atoms with Crippen molar-refractivity contribution < 1.29 is 9.53 Å². The maximum atomic E-state index is 11.6. The molecule has 0 radical (unpaired) electrons. The van der Waals surface area contributed by atoms with Gasteiger partial charge in [0, 0.05) is 38.5 Å². The molecule has 1 aromatic carbocycles. The van der Waals surface area contributed by atoms with Crippen LogP contribution in [0.25, 0.3) is 0 Å². The molecule has 1 aliphatic rings. The number of ether oxygens (including phenoxy) is 1. The number of carbonyl (C=O) groups excluding carboxylic acids is 1. The summed E-state index contributed by atoms with van der Waals surface area (Å²) in [7, 11) is 0. The zero-order valence-electron chi connectivity index (χ0n) is 15.1. The summed E-state index contributed by atoms with van der Waals surface area (Å²) in [5.41, 5.74) is 0.